The number of hydrogen-bond acceptors (Lipinski definition) is 7. The van der Waals surface area contributed by atoms with Crippen LogP contribution in [0.4, 0.5) is 5.82 Å². The molecule has 0 atom stereocenters. The Balaban J connectivity index is 1.76. The first-order valence-corrected chi connectivity index (χ1v) is 8.44. The van der Waals surface area contributed by atoms with Crippen molar-refractivity contribution in [3.8, 4) is 17.1 Å². The number of anilines is 1. The van der Waals surface area contributed by atoms with Gasteiger partial charge in [0.05, 0.1) is 24.1 Å². The molecule has 0 aliphatic rings. The van der Waals surface area contributed by atoms with Crippen molar-refractivity contribution >= 4 is 29.2 Å². The molecule has 0 aliphatic carbocycles. The quantitative estimate of drug-likeness (QED) is 0.542. The van der Waals surface area contributed by atoms with E-state index in [1.54, 1.807) is 31.5 Å². The van der Waals surface area contributed by atoms with Crippen molar-refractivity contribution in [2.24, 2.45) is 0 Å². The average molecular weight is 363 g/mol. The predicted molar refractivity (Wildman–Crippen MR) is 94.2 cm³/mol. The largest absolute Gasteiger partial charge is 0.497 e. The molecule has 0 saturated carbocycles. The van der Waals surface area contributed by atoms with Crippen molar-refractivity contribution in [1.82, 2.24) is 15.0 Å². The first-order valence-electron chi connectivity index (χ1n) is 7.07. The number of benzene rings is 1. The van der Waals surface area contributed by atoms with Gasteiger partial charge in [-0.1, -0.05) is 23.4 Å². The van der Waals surface area contributed by atoms with E-state index < -0.39 is 0 Å². The molecule has 0 bridgehead atoms. The van der Waals surface area contributed by atoms with Crippen LogP contribution in [0.1, 0.15) is 11.6 Å². The number of hydrogen-bond donors (Lipinski definition) is 1. The maximum atomic E-state index is 6.22. The molecule has 3 aromatic rings. The summed E-state index contributed by atoms with van der Waals surface area (Å²) in [4.78, 5) is 12.8. The lowest BCUT2D eigenvalue weighted by Crippen LogP contribution is -1.96. The third-order valence-corrected chi connectivity index (χ3v) is 4.33. The zero-order valence-electron chi connectivity index (χ0n) is 13.1. The summed E-state index contributed by atoms with van der Waals surface area (Å²) in [7, 11) is 1.60. The zero-order valence-corrected chi connectivity index (χ0v) is 14.7. The molecule has 3 rings (SSSR count). The fraction of sp³-hybridized carbons (Fsp3) is 0.188. The summed E-state index contributed by atoms with van der Waals surface area (Å²) in [6, 6.07) is 7.08. The molecule has 1 aromatic carbocycles. The van der Waals surface area contributed by atoms with Crippen LogP contribution in [0.2, 0.25) is 5.02 Å². The molecule has 6 nitrogen and oxygen atoms in total. The number of nitrogen functional groups attached to an aromatic ring is 1. The summed E-state index contributed by atoms with van der Waals surface area (Å²) >= 11 is 7.63. The van der Waals surface area contributed by atoms with Gasteiger partial charge in [0.2, 0.25) is 5.89 Å². The molecule has 0 unspecified atom stereocenters. The Labute approximate surface area is 148 Å². The van der Waals surface area contributed by atoms with Crippen molar-refractivity contribution in [3.05, 3.63) is 47.1 Å². The molecule has 2 aromatic heterocycles. The highest BCUT2D eigenvalue weighted by Gasteiger charge is 2.12. The standard InChI is InChI=1S/C16H15ClN4O2S/c1-9-5-14(18)21-16(20-9)24-8-15-19-7-13(23-15)11-6-10(22-2)3-4-12(11)17/h3-7H,8H2,1-2H3,(H2,18,20,21). The molecule has 2 N–H and O–H groups in total. The number of rotatable bonds is 5. The van der Waals surface area contributed by atoms with Gasteiger partial charge in [0, 0.05) is 17.3 Å². The maximum Gasteiger partial charge on any atom is 0.205 e. The van der Waals surface area contributed by atoms with Crippen LogP contribution in [-0.2, 0) is 5.75 Å². The summed E-state index contributed by atoms with van der Waals surface area (Å²) in [5.41, 5.74) is 7.28. The van der Waals surface area contributed by atoms with E-state index in [9.17, 15) is 0 Å². The number of nitrogens with zero attached hydrogens (tertiary/aromatic N) is 3. The average Bonchev–Trinajstić information content (AvgIpc) is 3.01. The van der Waals surface area contributed by atoms with Gasteiger partial charge >= 0.3 is 0 Å². The summed E-state index contributed by atoms with van der Waals surface area (Å²) in [5.74, 6) is 2.77. The van der Waals surface area contributed by atoms with Gasteiger partial charge < -0.3 is 14.9 Å². The van der Waals surface area contributed by atoms with Gasteiger partial charge in [-0.2, -0.15) is 0 Å². The number of thioether (sulfide) groups is 1. The molecule has 0 aliphatic heterocycles. The van der Waals surface area contributed by atoms with Crippen LogP contribution in [0.5, 0.6) is 5.75 Å². The molecule has 124 valence electrons. The molecule has 0 fully saturated rings. The summed E-state index contributed by atoms with van der Waals surface area (Å²) in [6.45, 7) is 1.87. The molecule has 24 heavy (non-hydrogen) atoms. The third-order valence-electron chi connectivity index (χ3n) is 3.17. The lowest BCUT2D eigenvalue weighted by molar-refractivity contribution is 0.414. The molecule has 8 heteroatoms. The Morgan fingerprint density at radius 1 is 1.29 bits per heavy atom. The highest BCUT2D eigenvalue weighted by atomic mass is 35.5. The lowest BCUT2D eigenvalue weighted by atomic mass is 10.2. The Hall–Kier alpha value is -2.25. The summed E-state index contributed by atoms with van der Waals surface area (Å²) in [6.07, 6.45) is 1.64. The molecule has 0 radical (unpaired) electrons. The second-order valence-electron chi connectivity index (χ2n) is 4.97. The second kappa shape index (κ2) is 7.11. The van der Waals surface area contributed by atoms with E-state index in [1.165, 1.54) is 11.8 Å². The maximum absolute atomic E-state index is 6.22. The molecule has 2 heterocycles. The Kier molecular flexibility index (Phi) is 4.92. The zero-order chi connectivity index (χ0) is 17.1. The monoisotopic (exact) mass is 362 g/mol. The van der Waals surface area contributed by atoms with Crippen LogP contribution >= 0.6 is 23.4 Å². The minimum Gasteiger partial charge on any atom is -0.497 e. The van der Waals surface area contributed by atoms with Crippen LogP contribution in [0.15, 0.2) is 40.0 Å². The molecule has 0 saturated heterocycles. The van der Waals surface area contributed by atoms with Gasteiger partial charge in [0.25, 0.3) is 0 Å². The van der Waals surface area contributed by atoms with Crippen molar-refractivity contribution in [2.75, 3.05) is 12.8 Å². The minimum atomic E-state index is 0.446. The number of nitrogens with two attached hydrogens (primary N) is 1. The van der Waals surface area contributed by atoms with Crippen LogP contribution in [0.3, 0.4) is 0 Å². The van der Waals surface area contributed by atoms with Crippen molar-refractivity contribution in [3.63, 3.8) is 0 Å². The first kappa shape index (κ1) is 16.6. The SMILES string of the molecule is COc1ccc(Cl)c(-c2cnc(CSc3nc(C)cc(N)n3)o2)c1. The number of oxazole rings is 1. The number of methoxy groups -OCH3 is 1. The molecular weight excluding hydrogens is 348 g/mol. The Morgan fingerprint density at radius 3 is 2.88 bits per heavy atom. The van der Waals surface area contributed by atoms with Crippen molar-refractivity contribution in [1.29, 1.82) is 0 Å². The second-order valence-corrected chi connectivity index (χ2v) is 6.32. The normalized spacial score (nSPS) is 10.8. The van der Waals surface area contributed by atoms with E-state index in [-0.39, 0.29) is 0 Å². The Morgan fingerprint density at radius 2 is 2.12 bits per heavy atom. The number of ether oxygens (including phenoxy) is 1. The van der Waals surface area contributed by atoms with Gasteiger partial charge in [-0.15, -0.1) is 0 Å². The lowest BCUT2D eigenvalue weighted by Gasteiger charge is -2.04. The van der Waals surface area contributed by atoms with Crippen LogP contribution in [0.25, 0.3) is 11.3 Å². The summed E-state index contributed by atoms with van der Waals surface area (Å²) < 4.78 is 11.0. The Bertz CT molecular complexity index is 849. The van der Waals surface area contributed by atoms with Crippen LogP contribution < -0.4 is 10.5 Å². The van der Waals surface area contributed by atoms with E-state index in [1.807, 2.05) is 13.0 Å². The fourth-order valence-corrected chi connectivity index (χ4v) is 3.05. The van der Waals surface area contributed by atoms with Crippen molar-refractivity contribution in [2.45, 2.75) is 17.8 Å². The first-order chi connectivity index (χ1) is 11.5. The van der Waals surface area contributed by atoms with E-state index in [4.69, 9.17) is 26.5 Å². The van der Waals surface area contributed by atoms with Gasteiger partial charge in [0.1, 0.15) is 11.6 Å². The van der Waals surface area contributed by atoms with Gasteiger partial charge in [-0.25, -0.2) is 15.0 Å². The van der Waals surface area contributed by atoms with Gasteiger partial charge in [0.15, 0.2) is 10.9 Å². The topological polar surface area (TPSA) is 87.1 Å². The highest BCUT2D eigenvalue weighted by Crippen LogP contribution is 2.32. The highest BCUT2D eigenvalue weighted by molar-refractivity contribution is 7.98. The smallest absolute Gasteiger partial charge is 0.205 e. The third kappa shape index (κ3) is 3.80. The summed E-state index contributed by atoms with van der Waals surface area (Å²) in [5, 5.41) is 1.16. The molecule has 0 amide bonds. The van der Waals surface area contributed by atoms with Crippen molar-refractivity contribution < 1.29 is 9.15 Å². The predicted octanol–water partition coefficient (Wildman–Crippen LogP) is 3.98. The number of halogens is 1. The minimum absolute atomic E-state index is 0.446. The van der Waals surface area contributed by atoms with E-state index in [0.29, 0.717) is 39.2 Å². The van der Waals surface area contributed by atoms with E-state index in [2.05, 4.69) is 15.0 Å². The number of aryl methyl sites for hydroxylation is 1. The van der Waals surface area contributed by atoms with E-state index >= 15 is 0 Å². The fourth-order valence-electron chi connectivity index (χ4n) is 2.08. The molecular formula is C16H15ClN4O2S. The van der Waals surface area contributed by atoms with Gasteiger partial charge in [-0.3, -0.25) is 0 Å². The van der Waals surface area contributed by atoms with Crippen LogP contribution in [-0.4, -0.2) is 22.1 Å². The van der Waals surface area contributed by atoms with E-state index in [0.717, 1.165) is 11.3 Å². The molecule has 0 spiro atoms. The van der Waals surface area contributed by atoms with Gasteiger partial charge in [-0.05, 0) is 25.1 Å². The number of aromatic nitrogens is 3. The van der Waals surface area contributed by atoms with Crippen LogP contribution in [0, 0.1) is 6.92 Å².